The number of urea groups is 1. The second-order valence-electron chi connectivity index (χ2n) is 5.46. The molecule has 0 radical (unpaired) electrons. The Balaban J connectivity index is 1.82. The van der Waals surface area contributed by atoms with Gasteiger partial charge in [-0.05, 0) is 38.0 Å². The highest BCUT2D eigenvalue weighted by atomic mass is 19.1. The molecule has 6 nitrogen and oxygen atoms in total. The molecule has 2 rings (SSSR count). The van der Waals surface area contributed by atoms with Gasteiger partial charge in [-0.1, -0.05) is 0 Å². The van der Waals surface area contributed by atoms with Crippen LogP contribution in [0, 0.1) is 5.82 Å². The molecule has 1 aromatic heterocycles. The number of hydrogen-bond donors (Lipinski definition) is 2. The first-order valence-electron chi connectivity index (χ1n) is 7.42. The number of hydrogen-bond acceptors (Lipinski definition) is 3. The average Bonchev–Trinajstić information content (AvgIpc) is 2.87. The first-order chi connectivity index (χ1) is 10.9. The van der Waals surface area contributed by atoms with Gasteiger partial charge in [-0.3, -0.25) is 4.68 Å². The smallest absolute Gasteiger partial charge is 0.319 e. The molecule has 23 heavy (non-hydrogen) atoms. The number of nitrogens with one attached hydrogen (secondary N) is 2. The Labute approximate surface area is 134 Å². The summed E-state index contributed by atoms with van der Waals surface area (Å²) in [5, 5.41) is 9.21. The molecule has 7 heteroatoms. The Morgan fingerprint density at radius 2 is 2.22 bits per heavy atom. The summed E-state index contributed by atoms with van der Waals surface area (Å²) in [6, 6.07) is 3.90. The number of aromatic nitrogens is 2. The number of rotatable bonds is 6. The zero-order valence-corrected chi connectivity index (χ0v) is 13.5. The molecule has 0 aliphatic carbocycles. The molecule has 0 spiro atoms. The van der Waals surface area contributed by atoms with Crippen molar-refractivity contribution in [3.63, 3.8) is 0 Å². The van der Waals surface area contributed by atoms with Crippen molar-refractivity contribution in [1.29, 1.82) is 0 Å². The molecule has 124 valence electrons. The molecule has 0 atom stereocenters. The summed E-state index contributed by atoms with van der Waals surface area (Å²) in [5.74, 6) is -0.106. The van der Waals surface area contributed by atoms with Crippen LogP contribution in [-0.2, 0) is 13.5 Å². The van der Waals surface area contributed by atoms with Crippen molar-refractivity contribution in [1.82, 2.24) is 15.1 Å². The molecule has 0 aliphatic heterocycles. The molecule has 1 heterocycles. The fourth-order valence-corrected chi connectivity index (χ4v) is 2.03. The lowest BCUT2D eigenvalue weighted by molar-refractivity contribution is 0.241. The maximum Gasteiger partial charge on any atom is 0.319 e. The minimum absolute atomic E-state index is 0.0380. The van der Waals surface area contributed by atoms with E-state index in [4.69, 9.17) is 4.74 Å². The van der Waals surface area contributed by atoms with Crippen molar-refractivity contribution < 1.29 is 13.9 Å². The molecule has 0 saturated carbocycles. The van der Waals surface area contributed by atoms with Crippen LogP contribution in [0.15, 0.2) is 30.6 Å². The number of nitrogens with zero attached hydrogens (tertiary/aromatic N) is 2. The van der Waals surface area contributed by atoms with Crippen molar-refractivity contribution in [3.8, 4) is 5.75 Å². The summed E-state index contributed by atoms with van der Waals surface area (Å²) < 4.78 is 21.0. The van der Waals surface area contributed by atoms with Crippen molar-refractivity contribution in [3.05, 3.63) is 42.0 Å². The second-order valence-corrected chi connectivity index (χ2v) is 5.46. The zero-order chi connectivity index (χ0) is 16.8. The highest BCUT2D eigenvalue weighted by Gasteiger charge is 2.09. The number of ether oxygens (including phenoxy) is 1. The average molecular weight is 320 g/mol. The first kappa shape index (κ1) is 16.8. The quantitative estimate of drug-likeness (QED) is 0.860. The van der Waals surface area contributed by atoms with Crippen molar-refractivity contribution in [2.75, 3.05) is 11.9 Å². The van der Waals surface area contributed by atoms with E-state index in [0.29, 0.717) is 18.7 Å². The van der Waals surface area contributed by atoms with E-state index in [2.05, 4.69) is 15.7 Å². The number of aryl methyl sites for hydroxylation is 1. The van der Waals surface area contributed by atoms with Gasteiger partial charge in [-0.15, -0.1) is 0 Å². The van der Waals surface area contributed by atoms with E-state index in [1.54, 1.807) is 16.9 Å². The third-order valence-corrected chi connectivity index (χ3v) is 3.02. The molecular weight excluding hydrogens is 299 g/mol. The van der Waals surface area contributed by atoms with Gasteiger partial charge in [0.1, 0.15) is 11.6 Å². The molecule has 0 aliphatic rings. The van der Waals surface area contributed by atoms with Gasteiger partial charge in [0, 0.05) is 25.9 Å². The lowest BCUT2D eigenvalue weighted by Crippen LogP contribution is -2.30. The molecule has 2 aromatic rings. The minimum Gasteiger partial charge on any atom is -0.491 e. The maximum absolute atomic E-state index is 13.9. The first-order valence-corrected chi connectivity index (χ1v) is 7.42. The van der Waals surface area contributed by atoms with Crippen LogP contribution in [0.25, 0.3) is 0 Å². The highest BCUT2D eigenvalue weighted by Crippen LogP contribution is 2.21. The number of anilines is 1. The summed E-state index contributed by atoms with van der Waals surface area (Å²) in [6.07, 6.45) is 4.24. The second kappa shape index (κ2) is 7.62. The van der Waals surface area contributed by atoms with Crippen LogP contribution >= 0.6 is 0 Å². The predicted octanol–water partition coefficient (Wildman–Crippen LogP) is 2.71. The number of carbonyl (C=O) groups is 1. The molecule has 0 bridgehead atoms. The van der Waals surface area contributed by atoms with Gasteiger partial charge >= 0.3 is 6.03 Å². The van der Waals surface area contributed by atoms with E-state index in [1.807, 2.05) is 27.1 Å². The van der Waals surface area contributed by atoms with E-state index in [9.17, 15) is 9.18 Å². The van der Waals surface area contributed by atoms with Gasteiger partial charge in [0.05, 0.1) is 18.0 Å². The molecule has 2 N–H and O–H groups in total. The van der Waals surface area contributed by atoms with Gasteiger partial charge in [-0.2, -0.15) is 5.10 Å². The van der Waals surface area contributed by atoms with Crippen LogP contribution in [0.1, 0.15) is 19.4 Å². The lowest BCUT2D eigenvalue weighted by Gasteiger charge is -2.12. The van der Waals surface area contributed by atoms with Crippen LogP contribution in [-0.4, -0.2) is 28.5 Å². The Morgan fingerprint density at radius 3 is 2.83 bits per heavy atom. The molecular formula is C16H21FN4O2. The lowest BCUT2D eigenvalue weighted by atomic mass is 10.2. The van der Waals surface area contributed by atoms with Gasteiger partial charge in [0.25, 0.3) is 0 Å². The number of benzene rings is 1. The van der Waals surface area contributed by atoms with Gasteiger partial charge < -0.3 is 15.4 Å². The zero-order valence-electron chi connectivity index (χ0n) is 13.5. The van der Waals surface area contributed by atoms with E-state index in [0.717, 1.165) is 5.56 Å². The fourth-order valence-electron chi connectivity index (χ4n) is 2.03. The van der Waals surface area contributed by atoms with Crippen LogP contribution in [0.3, 0.4) is 0 Å². The monoisotopic (exact) mass is 320 g/mol. The summed E-state index contributed by atoms with van der Waals surface area (Å²) in [7, 11) is 1.83. The Kier molecular flexibility index (Phi) is 5.56. The third kappa shape index (κ3) is 5.28. The van der Waals surface area contributed by atoms with E-state index in [1.165, 1.54) is 12.1 Å². The van der Waals surface area contributed by atoms with Crippen LogP contribution in [0.2, 0.25) is 0 Å². The predicted molar refractivity (Wildman–Crippen MR) is 86.1 cm³/mol. The number of halogens is 1. The maximum atomic E-state index is 13.9. The van der Waals surface area contributed by atoms with Gasteiger partial charge in [0.2, 0.25) is 0 Å². The van der Waals surface area contributed by atoms with Crippen LogP contribution < -0.4 is 15.4 Å². The fraction of sp³-hybridized carbons (Fsp3) is 0.375. The molecule has 0 saturated heterocycles. The van der Waals surface area contributed by atoms with E-state index >= 15 is 0 Å². The SMILES string of the molecule is CC(C)Oc1ccc(NC(=O)NCCc2cnn(C)c2)c(F)c1. The van der Waals surface area contributed by atoms with E-state index < -0.39 is 11.8 Å². The van der Waals surface area contributed by atoms with Crippen LogP contribution in [0.5, 0.6) is 5.75 Å². The standard InChI is InChI=1S/C16H21FN4O2/c1-11(2)23-13-4-5-15(14(17)8-13)20-16(22)18-7-6-12-9-19-21(3)10-12/h4-5,8-11H,6-7H2,1-3H3,(H2,18,20,22). The van der Waals surface area contributed by atoms with Gasteiger partial charge in [-0.25, -0.2) is 9.18 Å². The highest BCUT2D eigenvalue weighted by molar-refractivity contribution is 5.89. The van der Waals surface area contributed by atoms with Crippen molar-refractivity contribution in [2.24, 2.45) is 7.05 Å². The Morgan fingerprint density at radius 1 is 1.43 bits per heavy atom. The molecule has 2 amide bonds. The van der Waals surface area contributed by atoms with E-state index in [-0.39, 0.29) is 11.8 Å². The summed E-state index contributed by atoms with van der Waals surface area (Å²) >= 11 is 0. The molecule has 0 fully saturated rings. The van der Waals surface area contributed by atoms with Gasteiger partial charge in [0.15, 0.2) is 0 Å². The molecule has 0 unspecified atom stereocenters. The Hall–Kier alpha value is -2.57. The van der Waals surface area contributed by atoms with Crippen molar-refractivity contribution >= 4 is 11.7 Å². The normalized spacial score (nSPS) is 10.7. The molecule has 1 aromatic carbocycles. The largest absolute Gasteiger partial charge is 0.491 e. The summed E-state index contributed by atoms with van der Waals surface area (Å²) in [5.41, 5.74) is 1.13. The van der Waals surface area contributed by atoms with Crippen LogP contribution in [0.4, 0.5) is 14.9 Å². The Bertz CT molecular complexity index is 670. The third-order valence-electron chi connectivity index (χ3n) is 3.02. The number of amides is 2. The van der Waals surface area contributed by atoms with Crippen molar-refractivity contribution in [2.45, 2.75) is 26.4 Å². The summed E-state index contributed by atoms with van der Waals surface area (Å²) in [6.45, 7) is 4.16. The summed E-state index contributed by atoms with van der Waals surface area (Å²) in [4.78, 5) is 11.8. The number of carbonyl (C=O) groups excluding carboxylic acids is 1. The topological polar surface area (TPSA) is 68.2 Å². The minimum atomic E-state index is -0.537.